The molecule has 0 saturated carbocycles. The minimum Gasteiger partial charge on any atom is -0.396 e. The van der Waals surface area contributed by atoms with E-state index in [9.17, 15) is 0 Å². The van der Waals surface area contributed by atoms with Gasteiger partial charge in [0.1, 0.15) is 0 Å². The standard InChI is InChI=1S/C6H10N2O/c9-5-3-6-2-1-4-7-8-6/h1-2,4,7-9H,3,5H2. The second kappa shape index (κ2) is 3.14. The van der Waals surface area contributed by atoms with Gasteiger partial charge >= 0.3 is 0 Å². The fraction of sp³-hybridized carbons (Fsp3) is 0.333. The number of aliphatic hydroxyl groups excluding tert-OH is 1. The molecule has 9 heavy (non-hydrogen) atoms. The summed E-state index contributed by atoms with van der Waals surface area (Å²) < 4.78 is 0. The first-order chi connectivity index (χ1) is 4.43. The molecule has 0 bridgehead atoms. The first-order valence-corrected chi connectivity index (χ1v) is 2.91. The summed E-state index contributed by atoms with van der Waals surface area (Å²) in [5, 5.41) is 8.49. The van der Waals surface area contributed by atoms with Crippen LogP contribution in [0.3, 0.4) is 0 Å². The molecule has 0 aromatic carbocycles. The van der Waals surface area contributed by atoms with Crippen LogP contribution in [0.25, 0.3) is 0 Å². The van der Waals surface area contributed by atoms with E-state index in [4.69, 9.17) is 5.11 Å². The predicted molar refractivity (Wildman–Crippen MR) is 35.2 cm³/mol. The van der Waals surface area contributed by atoms with Gasteiger partial charge in [-0.2, -0.15) is 0 Å². The Morgan fingerprint density at radius 2 is 2.44 bits per heavy atom. The highest BCUT2D eigenvalue weighted by Gasteiger charge is 1.93. The van der Waals surface area contributed by atoms with E-state index in [1.807, 2.05) is 12.2 Å². The number of allylic oxidation sites excluding steroid dienone is 2. The summed E-state index contributed by atoms with van der Waals surface area (Å²) in [6.07, 6.45) is 6.28. The number of hydrazine groups is 1. The third-order valence-corrected chi connectivity index (χ3v) is 1.09. The van der Waals surface area contributed by atoms with E-state index in [0.717, 1.165) is 5.70 Å². The van der Waals surface area contributed by atoms with Crippen LogP contribution in [-0.2, 0) is 0 Å². The molecular formula is C6H10N2O. The van der Waals surface area contributed by atoms with Crippen LogP contribution in [0.5, 0.6) is 0 Å². The van der Waals surface area contributed by atoms with E-state index in [2.05, 4.69) is 10.9 Å². The van der Waals surface area contributed by atoms with E-state index >= 15 is 0 Å². The Bertz CT molecular complexity index is 140. The van der Waals surface area contributed by atoms with Gasteiger partial charge in [0.15, 0.2) is 0 Å². The van der Waals surface area contributed by atoms with Crippen LogP contribution in [0, 0.1) is 0 Å². The zero-order chi connectivity index (χ0) is 6.53. The Balaban J connectivity index is 2.38. The number of aliphatic hydroxyl groups is 1. The van der Waals surface area contributed by atoms with Crippen LogP contribution < -0.4 is 10.9 Å². The second-order valence-electron chi connectivity index (χ2n) is 1.79. The Labute approximate surface area is 54.0 Å². The molecule has 3 N–H and O–H groups in total. The lowest BCUT2D eigenvalue weighted by molar-refractivity contribution is 0.295. The van der Waals surface area contributed by atoms with Gasteiger partial charge in [0, 0.05) is 24.9 Å². The molecule has 50 valence electrons. The number of nitrogens with one attached hydrogen (secondary N) is 2. The summed E-state index contributed by atoms with van der Waals surface area (Å²) in [4.78, 5) is 0. The van der Waals surface area contributed by atoms with Crippen molar-refractivity contribution in [3.63, 3.8) is 0 Å². The van der Waals surface area contributed by atoms with Gasteiger partial charge in [0.25, 0.3) is 0 Å². The van der Waals surface area contributed by atoms with Gasteiger partial charge in [0.05, 0.1) is 0 Å². The number of rotatable bonds is 2. The summed E-state index contributed by atoms with van der Waals surface area (Å²) >= 11 is 0. The lowest BCUT2D eigenvalue weighted by atomic mass is 10.3. The van der Waals surface area contributed by atoms with Crippen molar-refractivity contribution in [2.75, 3.05) is 6.61 Å². The monoisotopic (exact) mass is 126 g/mol. The van der Waals surface area contributed by atoms with Crippen molar-refractivity contribution in [3.05, 3.63) is 24.0 Å². The highest BCUT2D eigenvalue weighted by Crippen LogP contribution is 1.96. The minimum absolute atomic E-state index is 0.189. The van der Waals surface area contributed by atoms with Gasteiger partial charge in [-0.1, -0.05) is 0 Å². The van der Waals surface area contributed by atoms with E-state index in [1.165, 1.54) is 0 Å². The Morgan fingerprint density at radius 3 is 3.00 bits per heavy atom. The maximum absolute atomic E-state index is 8.49. The molecule has 1 aliphatic rings. The topological polar surface area (TPSA) is 44.3 Å². The molecular weight excluding hydrogens is 116 g/mol. The Hall–Kier alpha value is -0.960. The molecule has 0 aliphatic carbocycles. The number of hydrogen-bond donors (Lipinski definition) is 3. The van der Waals surface area contributed by atoms with Gasteiger partial charge in [-0.3, -0.25) is 0 Å². The van der Waals surface area contributed by atoms with Gasteiger partial charge in [-0.25, -0.2) is 0 Å². The summed E-state index contributed by atoms with van der Waals surface area (Å²) in [5.74, 6) is 0. The molecule has 3 heteroatoms. The zero-order valence-corrected chi connectivity index (χ0v) is 5.09. The highest BCUT2D eigenvalue weighted by molar-refractivity contribution is 5.13. The van der Waals surface area contributed by atoms with Crippen LogP contribution in [0.4, 0.5) is 0 Å². The van der Waals surface area contributed by atoms with Gasteiger partial charge in [-0.05, 0) is 12.2 Å². The van der Waals surface area contributed by atoms with Crippen molar-refractivity contribution in [2.45, 2.75) is 6.42 Å². The largest absolute Gasteiger partial charge is 0.396 e. The van der Waals surface area contributed by atoms with E-state index in [-0.39, 0.29) is 6.61 Å². The normalized spacial score (nSPS) is 15.9. The fourth-order valence-electron chi connectivity index (χ4n) is 0.655. The molecule has 0 aromatic rings. The average Bonchev–Trinajstić information content (AvgIpc) is 1.91. The molecule has 1 rings (SSSR count). The highest BCUT2D eigenvalue weighted by atomic mass is 16.3. The Kier molecular flexibility index (Phi) is 2.15. The molecule has 0 unspecified atom stereocenters. The van der Waals surface area contributed by atoms with Crippen LogP contribution in [0.15, 0.2) is 24.0 Å². The molecule has 3 nitrogen and oxygen atoms in total. The SMILES string of the molecule is OCCC1=CC=CNN1. The van der Waals surface area contributed by atoms with Crippen molar-refractivity contribution in [1.82, 2.24) is 10.9 Å². The molecule has 0 aromatic heterocycles. The maximum Gasteiger partial charge on any atom is 0.0486 e. The summed E-state index contributed by atoms with van der Waals surface area (Å²) in [7, 11) is 0. The fourth-order valence-corrected chi connectivity index (χ4v) is 0.655. The molecule has 0 fully saturated rings. The molecule has 0 atom stereocenters. The van der Waals surface area contributed by atoms with E-state index in [0.29, 0.717) is 6.42 Å². The summed E-state index contributed by atoms with van der Waals surface area (Å²) in [5.41, 5.74) is 6.71. The van der Waals surface area contributed by atoms with Crippen molar-refractivity contribution in [1.29, 1.82) is 0 Å². The summed E-state index contributed by atoms with van der Waals surface area (Å²) in [6, 6.07) is 0. The quantitative estimate of drug-likeness (QED) is 0.483. The van der Waals surface area contributed by atoms with E-state index < -0.39 is 0 Å². The van der Waals surface area contributed by atoms with E-state index in [1.54, 1.807) is 6.20 Å². The smallest absolute Gasteiger partial charge is 0.0486 e. The second-order valence-corrected chi connectivity index (χ2v) is 1.79. The van der Waals surface area contributed by atoms with Crippen molar-refractivity contribution < 1.29 is 5.11 Å². The first-order valence-electron chi connectivity index (χ1n) is 2.91. The van der Waals surface area contributed by atoms with Crippen LogP contribution in [-0.4, -0.2) is 11.7 Å². The summed E-state index contributed by atoms with van der Waals surface area (Å²) in [6.45, 7) is 0.189. The number of hydrogen-bond acceptors (Lipinski definition) is 3. The molecule has 0 spiro atoms. The van der Waals surface area contributed by atoms with Gasteiger partial charge in [-0.15, -0.1) is 0 Å². The van der Waals surface area contributed by atoms with Crippen molar-refractivity contribution in [3.8, 4) is 0 Å². The molecule has 0 amide bonds. The average molecular weight is 126 g/mol. The van der Waals surface area contributed by atoms with Crippen molar-refractivity contribution in [2.24, 2.45) is 0 Å². The van der Waals surface area contributed by atoms with Crippen LogP contribution >= 0.6 is 0 Å². The minimum atomic E-state index is 0.189. The molecule has 1 heterocycles. The van der Waals surface area contributed by atoms with Crippen LogP contribution in [0.1, 0.15) is 6.42 Å². The van der Waals surface area contributed by atoms with Crippen molar-refractivity contribution >= 4 is 0 Å². The Morgan fingerprint density at radius 1 is 1.56 bits per heavy atom. The third-order valence-electron chi connectivity index (χ3n) is 1.09. The predicted octanol–water partition coefficient (Wildman–Crippen LogP) is -0.126. The van der Waals surface area contributed by atoms with Gasteiger partial charge < -0.3 is 16.0 Å². The lowest BCUT2D eigenvalue weighted by Gasteiger charge is -2.11. The first kappa shape index (κ1) is 6.16. The molecule has 1 aliphatic heterocycles. The lowest BCUT2D eigenvalue weighted by Crippen LogP contribution is -2.28. The molecule has 0 radical (unpaired) electrons. The third kappa shape index (κ3) is 1.77. The van der Waals surface area contributed by atoms with Crippen LogP contribution in [0.2, 0.25) is 0 Å². The zero-order valence-electron chi connectivity index (χ0n) is 5.09. The van der Waals surface area contributed by atoms with Gasteiger partial charge in [0.2, 0.25) is 0 Å². The molecule has 0 saturated heterocycles. The maximum atomic E-state index is 8.49.